The number of pyridine rings is 1. The highest BCUT2D eigenvalue weighted by molar-refractivity contribution is 6.30. The Morgan fingerprint density at radius 3 is 2.26 bits per heavy atom. The highest BCUT2D eigenvalue weighted by atomic mass is 35.5. The van der Waals surface area contributed by atoms with E-state index >= 15 is 0 Å². The molecule has 0 radical (unpaired) electrons. The molecule has 0 aliphatic rings. The van der Waals surface area contributed by atoms with Crippen LogP contribution in [0.25, 0.3) is 21.5 Å². The fourth-order valence-electron chi connectivity index (χ4n) is 3.02. The molecule has 1 heterocycles. The molecule has 0 aliphatic carbocycles. The number of aromatic nitrogens is 1. The molecule has 3 heteroatoms. The summed E-state index contributed by atoms with van der Waals surface area (Å²) in [4.78, 5) is 4.26. The first-order valence-corrected chi connectivity index (χ1v) is 7.82. The van der Waals surface area contributed by atoms with E-state index < -0.39 is 6.10 Å². The number of halogens is 1. The summed E-state index contributed by atoms with van der Waals surface area (Å²) in [5.41, 5.74) is 1.45. The van der Waals surface area contributed by atoms with Crippen molar-refractivity contribution >= 4 is 33.1 Å². The molecule has 2 nitrogen and oxygen atoms in total. The second-order valence-corrected chi connectivity index (χ2v) is 5.97. The summed E-state index contributed by atoms with van der Waals surface area (Å²) in [6.45, 7) is 0. The highest BCUT2D eigenvalue weighted by Gasteiger charge is 2.16. The van der Waals surface area contributed by atoms with Crippen molar-refractivity contribution in [2.75, 3.05) is 0 Å². The summed E-state index contributed by atoms with van der Waals surface area (Å²) < 4.78 is 0. The minimum absolute atomic E-state index is 0.560. The Bertz CT molecular complexity index is 995. The normalized spacial score (nSPS) is 12.6. The summed E-state index contributed by atoms with van der Waals surface area (Å²) in [5.74, 6) is 0. The zero-order valence-corrected chi connectivity index (χ0v) is 13.0. The average Bonchev–Trinajstić information content (AvgIpc) is 2.61. The molecule has 112 valence electrons. The maximum absolute atomic E-state index is 10.8. The van der Waals surface area contributed by atoms with Crippen molar-refractivity contribution in [1.82, 2.24) is 4.98 Å². The van der Waals surface area contributed by atoms with Crippen LogP contribution in [0.3, 0.4) is 0 Å². The van der Waals surface area contributed by atoms with Crippen molar-refractivity contribution < 1.29 is 5.11 Å². The predicted molar refractivity (Wildman–Crippen MR) is 94.8 cm³/mol. The fourth-order valence-corrected chi connectivity index (χ4v) is 3.13. The summed E-state index contributed by atoms with van der Waals surface area (Å²) in [6, 6.07) is 21.9. The van der Waals surface area contributed by atoms with Crippen LogP contribution in [0.4, 0.5) is 0 Å². The number of rotatable bonds is 2. The number of nitrogens with zero attached hydrogens (tertiary/aromatic N) is 1. The molecular formula is C20H14ClNO. The second kappa shape index (κ2) is 5.65. The Morgan fingerprint density at radius 1 is 0.826 bits per heavy atom. The van der Waals surface area contributed by atoms with Crippen molar-refractivity contribution in [2.45, 2.75) is 6.10 Å². The topological polar surface area (TPSA) is 33.1 Å². The van der Waals surface area contributed by atoms with Gasteiger partial charge in [-0.1, -0.05) is 60.1 Å². The molecule has 4 rings (SSSR count). The Balaban J connectivity index is 1.99. The van der Waals surface area contributed by atoms with Gasteiger partial charge in [-0.05, 0) is 45.3 Å². The molecule has 1 atom stereocenters. The first-order valence-electron chi connectivity index (χ1n) is 7.44. The van der Waals surface area contributed by atoms with Crippen LogP contribution in [-0.4, -0.2) is 10.1 Å². The minimum Gasteiger partial charge on any atom is -0.382 e. The molecule has 0 saturated carbocycles. The molecule has 23 heavy (non-hydrogen) atoms. The van der Waals surface area contributed by atoms with E-state index in [1.807, 2.05) is 36.4 Å². The third-order valence-electron chi connectivity index (χ3n) is 4.13. The van der Waals surface area contributed by atoms with Gasteiger partial charge >= 0.3 is 0 Å². The van der Waals surface area contributed by atoms with E-state index in [1.54, 1.807) is 18.3 Å². The first-order chi connectivity index (χ1) is 11.2. The number of benzene rings is 3. The van der Waals surface area contributed by atoms with E-state index in [0.717, 1.165) is 21.7 Å². The number of hydrogen-bond donors (Lipinski definition) is 1. The van der Waals surface area contributed by atoms with Gasteiger partial charge < -0.3 is 5.11 Å². The van der Waals surface area contributed by atoms with Crippen LogP contribution in [0.1, 0.15) is 17.4 Å². The number of aliphatic hydroxyl groups is 1. The van der Waals surface area contributed by atoms with Gasteiger partial charge in [-0.3, -0.25) is 4.98 Å². The maximum Gasteiger partial charge on any atom is 0.122 e. The third-order valence-corrected chi connectivity index (χ3v) is 4.35. The predicted octanol–water partition coefficient (Wildman–Crippen LogP) is 5.12. The average molecular weight is 320 g/mol. The third kappa shape index (κ3) is 2.46. The number of hydrogen-bond acceptors (Lipinski definition) is 2. The standard InChI is InChI=1S/C20H14ClNO/c21-14-9-10-19(22-12-14)20(23)18-11-13-5-1-2-6-15(13)16-7-3-4-8-17(16)18/h1-12,20,23H. The van der Waals surface area contributed by atoms with E-state index in [1.165, 1.54) is 5.39 Å². The van der Waals surface area contributed by atoms with Gasteiger partial charge in [0.25, 0.3) is 0 Å². The van der Waals surface area contributed by atoms with Crippen molar-refractivity contribution in [1.29, 1.82) is 0 Å². The van der Waals surface area contributed by atoms with Gasteiger partial charge in [-0.2, -0.15) is 0 Å². The van der Waals surface area contributed by atoms with Crippen LogP contribution >= 0.6 is 11.6 Å². The smallest absolute Gasteiger partial charge is 0.122 e. The second-order valence-electron chi connectivity index (χ2n) is 5.54. The molecule has 0 bridgehead atoms. The van der Waals surface area contributed by atoms with E-state index in [4.69, 9.17) is 11.6 Å². The van der Waals surface area contributed by atoms with E-state index in [0.29, 0.717) is 10.7 Å². The molecule has 1 N–H and O–H groups in total. The molecule has 3 aromatic carbocycles. The van der Waals surface area contributed by atoms with Crippen molar-refractivity contribution in [3.63, 3.8) is 0 Å². The van der Waals surface area contributed by atoms with E-state index in [2.05, 4.69) is 23.2 Å². The molecule has 0 aliphatic heterocycles. The number of aliphatic hydroxyl groups excluding tert-OH is 1. The quantitative estimate of drug-likeness (QED) is 0.520. The zero-order valence-electron chi connectivity index (χ0n) is 12.3. The lowest BCUT2D eigenvalue weighted by atomic mass is 9.93. The molecular weight excluding hydrogens is 306 g/mol. The zero-order chi connectivity index (χ0) is 15.8. The van der Waals surface area contributed by atoms with Crippen LogP contribution in [-0.2, 0) is 0 Å². The van der Waals surface area contributed by atoms with Gasteiger partial charge in [0.05, 0.1) is 10.7 Å². The van der Waals surface area contributed by atoms with Crippen LogP contribution < -0.4 is 0 Å². The summed E-state index contributed by atoms with van der Waals surface area (Å²) >= 11 is 5.89. The molecule has 1 unspecified atom stereocenters. The fraction of sp³-hybridized carbons (Fsp3) is 0.0500. The van der Waals surface area contributed by atoms with Crippen LogP contribution in [0.5, 0.6) is 0 Å². The lowest BCUT2D eigenvalue weighted by Crippen LogP contribution is -2.03. The van der Waals surface area contributed by atoms with Crippen molar-refractivity contribution in [3.8, 4) is 0 Å². The van der Waals surface area contributed by atoms with Gasteiger partial charge in [-0.25, -0.2) is 0 Å². The maximum atomic E-state index is 10.8. The SMILES string of the molecule is OC(c1ccc(Cl)cn1)c1cc2ccccc2c2ccccc12. The summed E-state index contributed by atoms with van der Waals surface area (Å²) in [7, 11) is 0. The van der Waals surface area contributed by atoms with E-state index in [-0.39, 0.29) is 0 Å². The Labute approximate surface area is 139 Å². The highest BCUT2D eigenvalue weighted by Crippen LogP contribution is 2.34. The Kier molecular flexibility index (Phi) is 3.49. The molecule has 4 aromatic rings. The van der Waals surface area contributed by atoms with Gasteiger partial charge in [-0.15, -0.1) is 0 Å². The van der Waals surface area contributed by atoms with Gasteiger partial charge in [0.1, 0.15) is 6.10 Å². The molecule has 0 spiro atoms. The summed E-state index contributed by atoms with van der Waals surface area (Å²) in [6.07, 6.45) is 0.769. The first kappa shape index (κ1) is 14.2. The molecule has 0 fully saturated rings. The van der Waals surface area contributed by atoms with Gasteiger partial charge in [0, 0.05) is 6.20 Å². The largest absolute Gasteiger partial charge is 0.382 e. The van der Waals surface area contributed by atoms with Crippen molar-refractivity contribution in [2.24, 2.45) is 0 Å². The Morgan fingerprint density at radius 2 is 1.52 bits per heavy atom. The van der Waals surface area contributed by atoms with Gasteiger partial charge in [0.15, 0.2) is 0 Å². The minimum atomic E-state index is -0.790. The van der Waals surface area contributed by atoms with E-state index in [9.17, 15) is 5.11 Å². The monoisotopic (exact) mass is 319 g/mol. The van der Waals surface area contributed by atoms with Crippen molar-refractivity contribution in [3.05, 3.63) is 89.2 Å². The number of fused-ring (bicyclic) bond motifs is 3. The Hall–Kier alpha value is -2.42. The lowest BCUT2D eigenvalue weighted by molar-refractivity contribution is 0.217. The van der Waals surface area contributed by atoms with Gasteiger partial charge in [0.2, 0.25) is 0 Å². The summed E-state index contributed by atoms with van der Waals surface area (Å²) in [5, 5.41) is 15.9. The lowest BCUT2D eigenvalue weighted by Gasteiger charge is -2.15. The van der Waals surface area contributed by atoms with Crippen LogP contribution in [0.2, 0.25) is 5.02 Å². The molecule has 0 saturated heterocycles. The molecule has 0 amide bonds. The molecule has 1 aromatic heterocycles. The van der Waals surface area contributed by atoms with Crippen LogP contribution in [0, 0.1) is 0 Å². The van der Waals surface area contributed by atoms with Crippen LogP contribution in [0.15, 0.2) is 72.9 Å².